The molecule has 3 nitrogen and oxygen atoms in total. The van der Waals surface area contributed by atoms with Crippen molar-refractivity contribution in [3.63, 3.8) is 0 Å². The van der Waals surface area contributed by atoms with Crippen LogP contribution in [0.25, 0.3) is 0 Å². The predicted octanol–water partition coefficient (Wildman–Crippen LogP) is 1.16. The molecular formula is C9H18O3. The van der Waals surface area contributed by atoms with Gasteiger partial charge in [-0.05, 0) is 12.8 Å². The van der Waals surface area contributed by atoms with Gasteiger partial charge in [0.2, 0.25) is 0 Å². The average molecular weight is 174 g/mol. The van der Waals surface area contributed by atoms with E-state index >= 15 is 0 Å². The Morgan fingerprint density at radius 2 is 2.08 bits per heavy atom. The fraction of sp³-hybridized carbons (Fsp3) is 1.00. The topological polar surface area (TPSA) is 38.7 Å². The standard InChI is InChI=1S/C9H18O3/c1-11-7-12-9-5-3-2-4-8(9)6-10/h8-10H,2-7H2,1H3/t8-,9+/m1/s1. The van der Waals surface area contributed by atoms with Crippen molar-refractivity contribution < 1.29 is 14.6 Å². The van der Waals surface area contributed by atoms with Gasteiger partial charge in [-0.15, -0.1) is 0 Å². The van der Waals surface area contributed by atoms with E-state index in [4.69, 9.17) is 14.6 Å². The molecule has 0 aromatic heterocycles. The van der Waals surface area contributed by atoms with E-state index in [1.54, 1.807) is 7.11 Å². The van der Waals surface area contributed by atoms with E-state index in [1.165, 1.54) is 12.8 Å². The van der Waals surface area contributed by atoms with E-state index in [-0.39, 0.29) is 12.7 Å². The highest BCUT2D eigenvalue weighted by molar-refractivity contribution is 4.74. The number of aliphatic hydroxyl groups excluding tert-OH is 1. The van der Waals surface area contributed by atoms with E-state index in [0.717, 1.165) is 12.8 Å². The van der Waals surface area contributed by atoms with Gasteiger partial charge in [-0.3, -0.25) is 0 Å². The van der Waals surface area contributed by atoms with Crippen LogP contribution in [0.4, 0.5) is 0 Å². The van der Waals surface area contributed by atoms with Gasteiger partial charge in [-0.1, -0.05) is 12.8 Å². The first kappa shape index (κ1) is 9.96. The molecule has 1 fully saturated rings. The van der Waals surface area contributed by atoms with Crippen molar-refractivity contribution in [2.45, 2.75) is 31.8 Å². The lowest BCUT2D eigenvalue weighted by Crippen LogP contribution is -2.30. The zero-order valence-electron chi connectivity index (χ0n) is 7.66. The summed E-state index contributed by atoms with van der Waals surface area (Å²) in [5.41, 5.74) is 0. The van der Waals surface area contributed by atoms with Crippen LogP contribution in [0.1, 0.15) is 25.7 Å². The van der Waals surface area contributed by atoms with Gasteiger partial charge in [0.1, 0.15) is 6.79 Å². The van der Waals surface area contributed by atoms with Crippen LogP contribution in [-0.4, -0.2) is 31.7 Å². The molecule has 1 N–H and O–H groups in total. The van der Waals surface area contributed by atoms with Gasteiger partial charge >= 0.3 is 0 Å². The Morgan fingerprint density at radius 1 is 1.33 bits per heavy atom. The molecule has 1 rings (SSSR count). The van der Waals surface area contributed by atoms with Crippen molar-refractivity contribution in [2.24, 2.45) is 5.92 Å². The molecule has 1 saturated carbocycles. The quantitative estimate of drug-likeness (QED) is 0.650. The van der Waals surface area contributed by atoms with E-state index in [0.29, 0.717) is 12.7 Å². The SMILES string of the molecule is COCO[C@H]1CCCC[C@@H]1CO. The van der Waals surface area contributed by atoms with Gasteiger partial charge in [0.15, 0.2) is 0 Å². The summed E-state index contributed by atoms with van der Waals surface area (Å²) in [4.78, 5) is 0. The number of rotatable bonds is 4. The minimum Gasteiger partial charge on any atom is -0.396 e. The third kappa shape index (κ3) is 2.73. The first-order chi connectivity index (χ1) is 5.88. The lowest BCUT2D eigenvalue weighted by atomic mass is 9.87. The van der Waals surface area contributed by atoms with Gasteiger partial charge in [-0.2, -0.15) is 0 Å². The molecule has 0 spiro atoms. The summed E-state index contributed by atoms with van der Waals surface area (Å²) < 4.78 is 10.3. The average Bonchev–Trinajstić information content (AvgIpc) is 2.15. The Balaban J connectivity index is 2.26. The van der Waals surface area contributed by atoms with E-state index in [1.807, 2.05) is 0 Å². The summed E-state index contributed by atoms with van der Waals surface area (Å²) >= 11 is 0. The van der Waals surface area contributed by atoms with E-state index < -0.39 is 0 Å². The zero-order chi connectivity index (χ0) is 8.81. The van der Waals surface area contributed by atoms with Crippen LogP contribution >= 0.6 is 0 Å². The Bertz CT molecular complexity index is 116. The highest BCUT2D eigenvalue weighted by Crippen LogP contribution is 2.26. The van der Waals surface area contributed by atoms with Gasteiger partial charge in [0, 0.05) is 19.6 Å². The maximum absolute atomic E-state index is 9.04. The van der Waals surface area contributed by atoms with Gasteiger partial charge in [0.05, 0.1) is 6.10 Å². The van der Waals surface area contributed by atoms with Crippen molar-refractivity contribution >= 4 is 0 Å². The van der Waals surface area contributed by atoms with Crippen LogP contribution in [0.15, 0.2) is 0 Å². The lowest BCUT2D eigenvalue weighted by Gasteiger charge is -2.29. The van der Waals surface area contributed by atoms with Crippen molar-refractivity contribution in [1.29, 1.82) is 0 Å². The lowest BCUT2D eigenvalue weighted by molar-refractivity contribution is -0.109. The van der Waals surface area contributed by atoms with Crippen LogP contribution in [-0.2, 0) is 9.47 Å². The van der Waals surface area contributed by atoms with E-state index in [2.05, 4.69) is 0 Å². The summed E-state index contributed by atoms with van der Waals surface area (Å²) in [5, 5.41) is 9.04. The second-order valence-corrected chi connectivity index (χ2v) is 3.34. The van der Waals surface area contributed by atoms with Crippen molar-refractivity contribution in [3.8, 4) is 0 Å². The summed E-state index contributed by atoms with van der Waals surface area (Å²) in [6.07, 6.45) is 4.80. The van der Waals surface area contributed by atoms with Crippen LogP contribution in [0.2, 0.25) is 0 Å². The molecule has 0 saturated heterocycles. The molecule has 0 aromatic carbocycles. The highest BCUT2D eigenvalue weighted by atomic mass is 16.7. The number of hydrogen-bond acceptors (Lipinski definition) is 3. The van der Waals surface area contributed by atoms with Crippen molar-refractivity contribution in [1.82, 2.24) is 0 Å². The Kier molecular flexibility index (Phi) is 4.58. The number of hydrogen-bond donors (Lipinski definition) is 1. The fourth-order valence-electron chi connectivity index (χ4n) is 1.76. The summed E-state index contributed by atoms with van der Waals surface area (Å²) in [6.45, 7) is 0.593. The molecule has 12 heavy (non-hydrogen) atoms. The zero-order valence-corrected chi connectivity index (χ0v) is 7.66. The molecule has 72 valence electrons. The maximum atomic E-state index is 9.04. The third-order valence-corrected chi connectivity index (χ3v) is 2.47. The largest absolute Gasteiger partial charge is 0.396 e. The van der Waals surface area contributed by atoms with Crippen LogP contribution < -0.4 is 0 Å². The third-order valence-electron chi connectivity index (χ3n) is 2.47. The normalized spacial score (nSPS) is 30.5. The maximum Gasteiger partial charge on any atom is 0.146 e. The number of ether oxygens (including phenoxy) is 2. The van der Waals surface area contributed by atoms with Crippen molar-refractivity contribution in [3.05, 3.63) is 0 Å². The molecule has 2 atom stereocenters. The smallest absolute Gasteiger partial charge is 0.146 e. The fourth-order valence-corrected chi connectivity index (χ4v) is 1.76. The molecule has 0 bridgehead atoms. The van der Waals surface area contributed by atoms with Crippen LogP contribution in [0, 0.1) is 5.92 Å². The molecule has 0 amide bonds. The molecule has 0 aromatic rings. The summed E-state index contributed by atoms with van der Waals surface area (Å²) in [6, 6.07) is 0. The molecule has 0 heterocycles. The monoisotopic (exact) mass is 174 g/mol. The molecular weight excluding hydrogens is 156 g/mol. The second kappa shape index (κ2) is 5.51. The first-order valence-electron chi connectivity index (χ1n) is 4.60. The number of aliphatic hydroxyl groups is 1. The second-order valence-electron chi connectivity index (χ2n) is 3.34. The predicted molar refractivity (Wildman–Crippen MR) is 45.8 cm³/mol. The van der Waals surface area contributed by atoms with Crippen LogP contribution in [0.3, 0.4) is 0 Å². The minimum absolute atomic E-state index is 0.212. The van der Waals surface area contributed by atoms with Gasteiger partial charge in [-0.25, -0.2) is 0 Å². The Hall–Kier alpha value is -0.120. The van der Waals surface area contributed by atoms with Crippen molar-refractivity contribution in [2.75, 3.05) is 20.5 Å². The minimum atomic E-state index is 0.212. The summed E-state index contributed by atoms with van der Waals surface area (Å²) in [7, 11) is 1.62. The molecule has 1 aliphatic rings. The Labute approximate surface area is 73.7 Å². The van der Waals surface area contributed by atoms with Gasteiger partial charge in [0.25, 0.3) is 0 Å². The van der Waals surface area contributed by atoms with E-state index in [9.17, 15) is 0 Å². The molecule has 1 aliphatic carbocycles. The molecule has 0 radical (unpaired) electrons. The molecule has 0 aliphatic heterocycles. The Morgan fingerprint density at radius 3 is 2.75 bits per heavy atom. The van der Waals surface area contributed by atoms with Gasteiger partial charge < -0.3 is 14.6 Å². The highest BCUT2D eigenvalue weighted by Gasteiger charge is 2.24. The first-order valence-corrected chi connectivity index (χ1v) is 4.60. The van der Waals surface area contributed by atoms with Crippen LogP contribution in [0.5, 0.6) is 0 Å². The summed E-state index contributed by atoms with van der Waals surface area (Å²) in [5.74, 6) is 0.328. The number of methoxy groups -OCH3 is 1. The molecule has 0 unspecified atom stereocenters. The molecule has 3 heteroatoms.